The Hall–Kier alpha value is 0.391. The van der Waals surface area contributed by atoms with Crippen molar-refractivity contribution in [3.8, 4) is 0 Å². The van der Waals surface area contributed by atoms with E-state index in [9.17, 15) is 0 Å². The van der Waals surface area contributed by atoms with Gasteiger partial charge in [0.1, 0.15) is 0 Å². The molecule has 0 aromatic rings. The van der Waals surface area contributed by atoms with E-state index in [-0.39, 0.29) is 0 Å². The molecular formula is C15H34Si3. The molecule has 0 spiro atoms. The van der Waals surface area contributed by atoms with Crippen LogP contribution in [0.1, 0.15) is 27.2 Å². The average Bonchev–Trinajstić information content (AvgIpc) is 2.09. The van der Waals surface area contributed by atoms with Crippen molar-refractivity contribution in [1.29, 1.82) is 0 Å². The van der Waals surface area contributed by atoms with Gasteiger partial charge >= 0.3 is 0 Å². The van der Waals surface area contributed by atoms with E-state index in [0.717, 1.165) is 0 Å². The Balaban J connectivity index is 3.26. The van der Waals surface area contributed by atoms with Crippen LogP contribution in [0.5, 0.6) is 0 Å². The van der Waals surface area contributed by atoms with Crippen LogP contribution in [0.25, 0.3) is 0 Å². The molecule has 0 bridgehead atoms. The maximum absolute atomic E-state index is 2.87. The standard InChI is InChI=1S/C15H34Si3/c1-15(2,3)18(8,9)13-14-16(4,5)11-10-12-17(14,6)7/h13H,10-12H2,1-9H3. The molecule has 0 N–H and O–H groups in total. The SMILES string of the molecule is CC(C)(C)[Si](C)(C)C=C1[Si](C)(C)CCC[Si]1(C)C. The highest BCUT2D eigenvalue weighted by Gasteiger charge is 2.43. The molecule has 18 heavy (non-hydrogen) atoms. The summed E-state index contributed by atoms with van der Waals surface area (Å²) in [7, 11) is -3.44. The third-order valence-corrected chi connectivity index (χ3v) is 21.4. The molecule has 0 saturated carbocycles. The van der Waals surface area contributed by atoms with Crippen LogP contribution in [-0.2, 0) is 0 Å². The zero-order valence-electron chi connectivity index (χ0n) is 14.2. The first-order valence-corrected chi connectivity index (χ1v) is 17.0. The molecule has 0 aromatic carbocycles. The van der Waals surface area contributed by atoms with Crippen LogP contribution in [-0.4, -0.2) is 24.2 Å². The molecule has 0 amide bonds. The van der Waals surface area contributed by atoms with Gasteiger partial charge in [-0.05, 0) is 5.04 Å². The second-order valence-electron chi connectivity index (χ2n) is 9.15. The predicted molar refractivity (Wildman–Crippen MR) is 94.5 cm³/mol. The van der Waals surface area contributed by atoms with Crippen LogP contribution in [0.2, 0.25) is 56.4 Å². The molecule has 1 fully saturated rings. The van der Waals surface area contributed by atoms with Crippen LogP contribution >= 0.6 is 0 Å². The summed E-state index contributed by atoms with van der Waals surface area (Å²) in [5, 5.41) is 0.492. The van der Waals surface area contributed by atoms with Crippen molar-refractivity contribution in [2.75, 3.05) is 0 Å². The number of hydrogen-bond donors (Lipinski definition) is 0. The fraction of sp³-hybridized carbons (Fsp3) is 0.867. The van der Waals surface area contributed by atoms with Crippen molar-refractivity contribution in [2.45, 2.75) is 83.6 Å². The second kappa shape index (κ2) is 4.74. The largest absolute Gasteiger partial charge is 0.102 e. The third-order valence-electron chi connectivity index (χ3n) is 5.50. The molecule has 106 valence electrons. The van der Waals surface area contributed by atoms with Crippen LogP contribution in [0.15, 0.2) is 10.5 Å². The van der Waals surface area contributed by atoms with Gasteiger partial charge in [0.2, 0.25) is 0 Å². The van der Waals surface area contributed by atoms with Gasteiger partial charge in [-0.3, -0.25) is 0 Å². The van der Waals surface area contributed by atoms with Gasteiger partial charge in [-0.25, -0.2) is 0 Å². The molecule has 3 heteroatoms. The van der Waals surface area contributed by atoms with E-state index in [2.05, 4.69) is 65.8 Å². The number of hydrogen-bond acceptors (Lipinski definition) is 0. The zero-order valence-corrected chi connectivity index (χ0v) is 17.2. The van der Waals surface area contributed by atoms with Crippen molar-refractivity contribution in [3.05, 3.63) is 10.5 Å². The smallest absolute Gasteiger partial charge is 0.0760 e. The molecule has 1 saturated heterocycles. The lowest BCUT2D eigenvalue weighted by Crippen LogP contribution is -2.50. The van der Waals surface area contributed by atoms with Gasteiger partial charge in [0.05, 0.1) is 24.2 Å². The fourth-order valence-corrected chi connectivity index (χ4v) is 20.7. The molecule has 1 aliphatic heterocycles. The molecule has 1 rings (SSSR count). The molecule has 0 nitrogen and oxygen atoms in total. The van der Waals surface area contributed by atoms with Crippen molar-refractivity contribution in [2.24, 2.45) is 0 Å². The Morgan fingerprint density at radius 2 is 1.33 bits per heavy atom. The maximum Gasteiger partial charge on any atom is 0.0760 e. The van der Waals surface area contributed by atoms with Gasteiger partial charge < -0.3 is 0 Å². The minimum absolute atomic E-state index is 0.492. The van der Waals surface area contributed by atoms with Gasteiger partial charge in [-0.15, -0.1) is 5.70 Å². The van der Waals surface area contributed by atoms with Crippen LogP contribution in [0, 0.1) is 0 Å². The summed E-state index contributed by atoms with van der Waals surface area (Å²) in [5.74, 6) is 0. The first kappa shape index (κ1) is 16.4. The first-order chi connectivity index (χ1) is 7.80. The molecule has 0 aliphatic carbocycles. The topological polar surface area (TPSA) is 0 Å². The van der Waals surface area contributed by atoms with Gasteiger partial charge in [0, 0.05) is 0 Å². The van der Waals surface area contributed by atoms with Crippen LogP contribution < -0.4 is 0 Å². The minimum atomic E-state index is -1.26. The van der Waals surface area contributed by atoms with Crippen molar-refractivity contribution in [1.82, 2.24) is 0 Å². The predicted octanol–water partition coefficient (Wildman–Crippen LogP) is 5.86. The summed E-state index contributed by atoms with van der Waals surface area (Å²) in [6, 6.07) is 3.06. The first-order valence-electron chi connectivity index (χ1n) is 7.53. The summed E-state index contributed by atoms with van der Waals surface area (Å²) in [6.45, 7) is 23.0. The fourth-order valence-electron chi connectivity index (χ4n) is 3.13. The van der Waals surface area contributed by atoms with Crippen molar-refractivity contribution >= 4 is 24.2 Å². The Kier molecular flexibility index (Phi) is 4.33. The second-order valence-corrected chi connectivity index (χ2v) is 24.5. The molecule has 0 radical (unpaired) electrons. The van der Waals surface area contributed by atoms with Crippen molar-refractivity contribution < 1.29 is 0 Å². The Morgan fingerprint density at radius 3 is 1.67 bits per heavy atom. The van der Waals surface area contributed by atoms with Crippen LogP contribution in [0.4, 0.5) is 0 Å². The lowest BCUT2D eigenvalue weighted by Gasteiger charge is -2.45. The Morgan fingerprint density at radius 1 is 0.944 bits per heavy atom. The lowest BCUT2D eigenvalue weighted by atomic mass is 10.2. The monoisotopic (exact) mass is 298 g/mol. The molecule has 0 atom stereocenters. The maximum atomic E-state index is 2.87. The van der Waals surface area contributed by atoms with Crippen LogP contribution in [0.3, 0.4) is 0 Å². The summed E-state index contributed by atoms with van der Waals surface area (Å²) in [6.07, 6.45) is 1.51. The quantitative estimate of drug-likeness (QED) is 0.532. The molecule has 1 aliphatic rings. The normalized spacial score (nSPS) is 23.9. The lowest BCUT2D eigenvalue weighted by molar-refractivity contribution is 0.728. The van der Waals surface area contributed by atoms with Gasteiger partial charge in [-0.1, -0.05) is 83.4 Å². The highest BCUT2D eigenvalue weighted by Crippen LogP contribution is 2.43. The van der Waals surface area contributed by atoms with E-state index in [0.29, 0.717) is 5.04 Å². The summed E-state index contributed by atoms with van der Waals surface area (Å²) in [5.41, 5.74) is 2.87. The van der Waals surface area contributed by atoms with Gasteiger partial charge in [-0.2, -0.15) is 0 Å². The third kappa shape index (κ3) is 3.28. The van der Waals surface area contributed by atoms with E-state index in [1.54, 1.807) is 0 Å². The Bertz CT molecular complexity index is 325. The number of rotatable bonds is 1. The molecule has 0 aromatic heterocycles. The molecule has 0 unspecified atom stereocenters. The summed E-state index contributed by atoms with van der Waals surface area (Å²) < 4.78 is 0. The van der Waals surface area contributed by atoms with Crippen molar-refractivity contribution in [3.63, 3.8) is 0 Å². The van der Waals surface area contributed by atoms with E-state index < -0.39 is 24.2 Å². The highest BCUT2D eigenvalue weighted by molar-refractivity contribution is 7.08. The van der Waals surface area contributed by atoms with E-state index in [1.807, 2.05) is 4.82 Å². The average molecular weight is 299 g/mol. The highest BCUT2D eigenvalue weighted by atomic mass is 28.4. The van der Waals surface area contributed by atoms with E-state index in [4.69, 9.17) is 0 Å². The summed E-state index contributed by atoms with van der Waals surface area (Å²) >= 11 is 0. The Labute approximate surface area is 118 Å². The zero-order chi connectivity index (χ0) is 14.4. The van der Waals surface area contributed by atoms with E-state index >= 15 is 0 Å². The minimum Gasteiger partial charge on any atom is -0.102 e. The van der Waals surface area contributed by atoms with Gasteiger partial charge in [0.15, 0.2) is 0 Å². The molecule has 1 heterocycles. The summed E-state index contributed by atoms with van der Waals surface area (Å²) in [4.78, 5) is 2.02. The van der Waals surface area contributed by atoms with Gasteiger partial charge in [0.25, 0.3) is 0 Å². The molecular weight excluding hydrogens is 264 g/mol. The van der Waals surface area contributed by atoms with E-state index in [1.165, 1.54) is 18.5 Å².